The number of methoxy groups -OCH3 is 1. The molecular weight excluding hydrogens is 224 g/mol. The van der Waals surface area contributed by atoms with E-state index in [1.54, 1.807) is 7.11 Å². The maximum Gasteiger partial charge on any atom is 0.126 e. The van der Waals surface area contributed by atoms with E-state index in [2.05, 4.69) is 0 Å². The zero-order valence-electron chi connectivity index (χ0n) is 11.4. The quantitative estimate of drug-likeness (QED) is 0.867. The van der Waals surface area contributed by atoms with Gasteiger partial charge in [-0.3, -0.25) is 0 Å². The molecule has 1 unspecified atom stereocenters. The molecule has 0 aromatic heterocycles. The van der Waals surface area contributed by atoms with Crippen LogP contribution in [0.25, 0.3) is 10.8 Å². The fourth-order valence-electron chi connectivity index (χ4n) is 2.18. The van der Waals surface area contributed by atoms with Crippen LogP contribution < -0.4 is 4.74 Å². The second kappa shape index (κ2) is 4.62. The third kappa shape index (κ3) is 2.21. The second-order valence-corrected chi connectivity index (χ2v) is 5.67. The number of hydrogen-bond donors (Lipinski definition) is 1. The summed E-state index contributed by atoms with van der Waals surface area (Å²) in [5.41, 5.74) is 0.774. The minimum atomic E-state index is -0.492. The first-order chi connectivity index (χ1) is 8.45. The molecule has 0 saturated heterocycles. The van der Waals surface area contributed by atoms with Gasteiger partial charge in [0.2, 0.25) is 0 Å². The molecule has 0 fully saturated rings. The largest absolute Gasteiger partial charge is 0.496 e. The molecule has 0 amide bonds. The summed E-state index contributed by atoms with van der Waals surface area (Å²) in [6.07, 6.45) is -0.492. The second-order valence-electron chi connectivity index (χ2n) is 5.67. The van der Waals surface area contributed by atoms with Crippen molar-refractivity contribution in [2.45, 2.75) is 26.9 Å². The molecular formula is C16H20O2. The first-order valence-corrected chi connectivity index (χ1v) is 6.19. The number of aliphatic hydroxyl groups excluding tert-OH is 1. The number of benzene rings is 2. The van der Waals surface area contributed by atoms with Gasteiger partial charge in [0, 0.05) is 5.39 Å². The lowest BCUT2D eigenvalue weighted by Crippen LogP contribution is -2.18. The number of fused-ring (bicyclic) bond motifs is 1. The van der Waals surface area contributed by atoms with Crippen LogP contribution in [0.3, 0.4) is 0 Å². The summed E-state index contributed by atoms with van der Waals surface area (Å²) in [4.78, 5) is 0. The van der Waals surface area contributed by atoms with Crippen molar-refractivity contribution >= 4 is 10.8 Å². The Balaban J connectivity index is 2.67. The highest BCUT2D eigenvalue weighted by atomic mass is 16.5. The molecule has 2 heteroatoms. The lowest BCUT2D eigenvalue weighted by molar-refractivity contribution is 0.0639. The summed E-state index contributed by atoms with van der Waals surface area (Å²) < 4.78 is 5.37. The van der Waals surface area contributed by atoms with Crippen molar-refractivity contribution in [3.63, 3.8) is 0 Å². The van der Waals surface area contributed by atoms with E-state index >= 15 is 0 Å². The van der Waals surface area contributed by atoms with Gasteiger partial charge in [0.05, 0.1) is 13.2 Å². The summed E-state index contributed by atoms with van der Waals surface area (Å²) in [6, 6.07) is 11.9. The van der Waals surface area contributed by atoms with Crippen molar-refractivity contribution in [3.8, 4) is 5.75 Å². The van der Waals surface area contributed by atoms with Crippen LogP contribution >= 0.6 is 0 Å². The molecule has 2 nitrogen and oxygen atoms in total. The van der Waals surface area contributed by atoms with Gasteiger partial charge in [-0.05, 0) is 22.4 Å². The van der Waals surface area contributed by atoms with Gasteiger partial charge in [-0.2, -0.15) is 0 Å². The Morgan fingerprint density at radius 2 is 1.61 bits per heavy atom. The molecule has 0 spiro atoms. The van der Waals surface area contributed by atoms with Gasteiger partial charge in [0.1, 0.15) is 5.75 Å². The predicted molar refractivity (Wildman–Crippen MR) is 74.9 cm³/mol. The Morgan fingerprint density at radius 1 is 1.00 bits per heavy atom. The third-order valence-electron chi connectivity index (χ3n) is 3.25. The molecule has 1 N–H and O–H groups in total. The Morgan fingerprint density at radius 3 is 2.17 bits per heavy atom. The first-order valence-electron chi connectivity index (χ1n) is 6.19. The van der Waals surface area contributed by atoms with E-state index in [1.165, 1.54) is 0 Å². The lowest BCUT2D eigenvalue weighted by atomic mass is 9.83. The Labute approximate surface area is 108 Å². The van der Waals surface area contributed by atoms with E-state index in [1.807, 2.05) is 57.2 Å². The van der Waals surface area contributed by atoms with Crippen molar-refractivity contribution in [1.82, 2.24) is 0 Å². The number of hydrogen-bond acceptors (Lipinski definition) is 2. The molecule has 0 aliphatic carbocycles. The highest BCUT2D eigenvalue weighted by Crippen LogP contribution is 2.38. The van der Waals surface area contributed by atoms with Crippen LogP contribution in [0.15, 0.2) is 36.4 Å². The molecule has 2 aromatic rings. The zero-order chi connectivity index (χ0) is 13.3. The molecule has 0 bridgehead atoms. The average molecular weight is 244 g/mol. The van der Waals surface area contributed by atoms with Crippen LogP contribution in [0.1, 0.15) is 32.4 Å². The fraction of sp³-hybridized carbons (Fsp3) is 0.375. The summed E-state index contributed by atoms with van der Waals surface area (Å²) in [7, 11) is 1.67. The lowest BCUT2D eigenvalue weighted by Gasteiger charge is -2.27. The predicted octanol–water partition coefficient (Wildman–Crippen LogP) is 3.93. The molecule has 0 radical (unpaired) electrons. The minimum absolute atomic E-state index is 0.183. The van der Waals surface area contributed by atoms with Gasteiger partial charge >= 0.3 is 0 Å². The van der Waals surface area contributed by atoms with Crippen LogP contribution in [0, 0.1) is 5.41 Å². The molecule has 2 aromatic carbocycles. The van der Waals surface area contributed by atoms with Gasteiger partial charge in [0.25, 0.3) is 0 Å². The van der Waals surface area contributed by atoms with E-state index in [4.69, 9.17) is 4.74 Å². The molecule has 0 aliphatic rings. The van der Waals surface area contributed by atoms with Gasteiger partial charge < -0.3 is 9.84 Å². The molecule has 1 atom stereocenters. The SMILES string of the molecule is COc1ccc(C(O)C(C)(C)C)c2ccccc12. The summed E-state index contributed by atoms with van der Waals surface area (Å²) in [6.45, 7) is 6.12. The minimum Gasteiger partial charge on any atom is -0.496 e. The number of ether oxygens (including phenoxy) is 1. The maximum atomic E-state index is 10.5. The van der Waals surface area contributed by atoms with E-state index in [0.717, 1.165) is 22.1 Å². The van der Waals surface area contributed by atoms with E-state index in [0.29, 0.717) is 0 Å². The standard InChI is InChI=1S/C16H20O2/c1-16(2,3)15(17)13-9-10-14(18-4)12-8-6-5-7-11(12)13/h5-10,15,17H,1-4H3. The highest BCUT2D eigenvalue weighted by molar-refractivity contribution is 5.91. The smallest absolute Gasteiger partial charge is 0.126 e. The van der Waals surface area contributed by atoms with Gasteiger partial charge in [-0.1, -0.05) is 51.1 Å². The van der Waals surface area contributed by atoms with Crippen molar-refractivity contribution in [3.05, 3.63) is 42.0 Å². The van der Waals surface area contributed by atoms with Crippen molar-refractivity contribution in [1.29, 1.82) is 0 Å². The molecule has 0 heterocycles. The fourth-order valence-corrected chi connectivity index (χ4v) is 2.18. The van der Waals surface area contributed by atoms with Crippen LogP contribution in [-0.4, -0.2) is 12.2 Å². The van der Waals surface area contributed by atoms with Gasteiger partial charge in [-0.25, -0.2) is 0 Å². The molecule has 18 heavy (non-hydrogen) atoms. The first kappa shape index (κ1) is 12.9. The van der Waals surface area contributed by atoms with Crippen molar-refractivity contribution in [2.75, 3.05) is 7.11 Å². The van der Waals surface area contributed by atoms with Crippen LogP contribution in [0.4, 0.5) is 0 Å². The Kier molecular flexibility index (Phi) is 3.31. The summed E-state index contributed by atoms with van der Waals surface area (Å²) in [5.74, 6) is 0.843. The Bertz CT molecular complexity index is 553. The van der Waals surface area contributed by atoms with E-state index in [9.17, 15) is 5.11 Å². The van der Waals surface area contributed by atoms with Crippen molar-refractivity contribution < 1.29 is 9.84 Å². The maximum absolute atomic E-state index is 10.5. The van der Waals surface area contributed by atoms with E-state index in [-0.39, 0.29) is 5.41 Å². The molecule has 96 valence electrons. The molecule has 0 saturated carbocycles. The van der Waals surface area contributed by atoms with Gasteiger partial charge in [-0.15, -0.1) is 0 Å². The molecule has 0 aliphatic heterocycles. The number of aliphatic hydroxyl groups is 1. The van der Waals surface area contributed by atoms with Crippen LogP contribution in [0.5, 0.6) is 5.75 Å². The monoisotopic (exact) mass is 244 g/mol. The Hall–Kier alpha value is -1.54. The van der Waals surface area contributed by atoms with Crippen LogP contribution in [-0.2, 0) is 0 Å². The zero-order valence-corrected chi connectivity index (χ0v) is 11.4. The normalized spacial score (nSPS) is 13.6. The van der Waals surface area contributed by atoms with E-state index < -0.39 is 6.10 Å². The van der Waals surface area contributed by atoms with Gasteiger partial charge in [0.15, 0.2) is 0 Å². The van der Waals surface area contributed by atoms with Crippen molar-refractivity contribution in [2.24, 2.45) is 5.41 Å². The molecule has 2 rings (SSSR count). The topological polar surface area (TPSA) is 29.5 Å². The van der Waals surface area contributed by atoms with Crippen LogP contribution in [0.2, 0.25) is 0 Å². The summed E-state index contributed by atoms with van der Waals surface area (Å²) in [5, 5.41) is 12.6. The average Bonchev–Trinajstić information content (AvgIpc) is 2.35. The summed E-state index contributed by atoms with van der Waals surface area (Å²) >= 11 is 0. The third-order valence-corrected chi connectivity index (χ3v) is 3.25. The number of rotatable bonds is 2. The highest BCUT2D eigenvalue weighted by Gasteiger charge is 2.25.